The highest BCUT2D eigenvalue weighted by Crippen LogP contribution is 2.21. The van der Waals surface area contributed by atoms with Crippen molar-refractivity contribution in [3.05, 3.63) is 0 Å². The van der Waals surface area contributed by atoms with Crippen molar-refractivity contribution < 1.29 is 14.7 Å². The Kier molecular flexibility index (Phi) is 2.68. The highest BCUT2D eigenvalue weighted by atomic mass is 16.4. The molecule has 0 aromatic heterocycles. The molecule has 1 saturated heterocycles. The summed E-state index contributed by atoms with van der Waals surface area (Å²) in [6.07, 6.45) is 1.24. The predicted octanol–water partition coefficient (Wildman–Crippen LogP) is 1.31. The van der Waals surface area contributed by atoms with Gasteiger partial charge >= 0.3 is 6.09 Å². The summed E-state index contributed by atoms with van der Waals surface area (Å²) in [6.45, 7) is 2.43. The third kappa shape index (κ3) is 1.75. The van der Waals surface area contributed by atoms with Crippen LogP contribution in [0.2, 0.25) is 0 Å². The van der Waals surface area contributed by atoms with E-state index in [2.05, 4.69) is 0 Å². The van der Waals surface area contributed by atoms with Gasteiger partial charge in [-0.2, -0.15) is 0 Å². The lowest BCUT2D eigenvalue weighted by molar-refractivity contribution is -0.125. The first-order chi connectivity index (χ1) is 5.65. The van der Waals surface area contributed by atoms with Crippen LogP contribution in [0.4, 0.5) is 4.79 Å². The quantitative estimate of drug-likeness (QED) is 0.681. The molecule has 0 aromatic carbocycles. The van der Waals surface area contributed by atoms with Crippen LogP contribution in [0.1, 0.15) is 26.2 Å². The Bertz CT molecular complexity index is 202. The maximum Gasteiger partial charge on any atom is 0.414 e. The molecule has 1 unspecified atom stereocenters. The van der Waals surface area contributed by atoms with Gasteiger partial charge in [0.15, 0.2) is 0 Å². The molecular weight excluding hydrogens is 158 g/mol. The molecule has 1 rings (SSSR count). The van der Waals surface area contributed by atoms with Gasteiger partial charge in [-0.3, -0.25) is 4.79 Å². The highest BCUT2D eigenvalue weighted by molar-refractivity contribution is 5.92. The van der Waals surface area contributed by atoms with Crippen molar-refractivity contribution in [2.24, 2.45) is 5.92 Å². The number of imide groups is 1. The van der Waals surface area contributed by atoms with Crippen molar-refractivity contribution in [2.45, 2.75) is 26.2 Å². The number of hydrogen-bond acceptors (Lipinski definition) is 2. The number of likely N-dealkylation sites (tertiary alicyclic amines) is 1. The average Bonchev–Trinajstić information content (AvgIpc) is 2.32. The Morgan fingerprint density at radius 2 is 2.42 bits per heavy atom. The topological polar surface area (TPSA) is 57.6 Å². The highest BCUT2D eigenvalue weighted by Gasteiger charge is 2.32. The van der Waals surface area contributed by atoms with Crippen LogP contribution in [0, 0.1) is 5.92 Å². The zero-order valence-corrected chi connectivity index (χ0v) is 7.12. The molecule has 0 aliphatic carbocycles. The monoisotopic (exact) mass is 171 g/mol. The van der Waals surface area contributed by atoms with Crippen molar-refractivity contribution in [3.8, 4) is 0 Å². The first-order valence-corrected chi connectivity index (χ1v) is 4.18. The summed E-state index contributed by atoms with van der Waals surface area (Å²) in [7, 11) is 0. The molecule has 1 aliphatic heterocycles. The maximum absolute atomic E-state index is 11.0. The summed E-state index contributed by atoms with van der Waals surface area (Å²) in [5.74, 6) is -0.000417. The fourth-order valence-corrected chi connectivity index (χ4v) is 1.57. The smallest absolute Gasteiger partial charge is 0.414 e. The van der Waals surface area contributed by atoms with E-state index in [4.69, 9.17) is 5.11 Å². The predicted molar refractivity (Wildman–Crippen MR) is 42.8 cm³/mol. The molecular formula is C8H13NO3. The minimum absolute atomic E-state index is 0.249. The maximum atomic E-state index is 11.0. The van der Waals surface area contributed by atoms with Gasteiger partial charge in [0.25, 0.3) is 0 Å². The van der Waals surface area contributed by atoms with Crippen molar-refractivity contribution >= 4 is 12.0 Å². The largest absolute Gasteiger partial charge is 0.465 e. The van der Waals surface area contributed by atoms with Gasteiger partial charge in [-0.25, -0.2) is 9.69 Å². The fourth-order valence-electron chi connectivity index (χ4n) is 1.57. The van der Waals surface area contributed by atoms with Gasteiger partial charge in [-0.1, -0.05) is 13.3 Å². The van der Waals surface area contributed by atoms with Gasteiger partial charge in [-0.15, -0.1) is 0 Å². The molecule has 1 atom stereocenters. The SMILES string of the molecule is CCCC1CC(=O)N(C(=O)O)C1. The molecule has 1 fully saturated rings. The van der Waals surface area contributed by atoms with E-state index in [0.29, 0.717) is 13.0 Å². The Morgan fingerprint density at radius 3 is 2.83 bits per heavy atom. The normalized spacial score (nSPS) is 23.2. The van der Waals surface area contributed by atoms with Gasteiger partial charge in [0.05, 0.1) is 0 Å². The van der Waals surface area contributed by atoms with E-state index in [0.717, 1.165) is 17.7 Å². The van der Waals surface area contributed by atoms with Crippen LogP contribution < -0.4 is 0 Å². The molecule has 12 heavy (non-hydrogen) atoms. The van der Waals surface area contributed by atoms with Crippen LogP contribution in [0.15, 0.2) is 0 Å². The van der Waals surface area contributed by atoms with Crippen LogP contribution in [0.25, 0.3) is 0 Å². The minimum atomic E-state index is -1.11. The summed E-state index contributed by atoms with van der Waals surface area (Å²) < 4.78 is 0. The van der Waals surface area contributed by atoms with Gasteiger partial charge in [0.1, 0.15) is 0 Å². The van der Waals surface area contributed by atoms with Crippen LogP contribution in [-0.2, 0) is 4.79 Å². The lowest BCUT2D eigenvalue weighted by Gasteiger charge is -2.08. The van der Waals surface area contributed by atoms with E-state index >= 15 is 0 Å². The van der Waals surface area contributed by atoms with Crippen molar-refractivity contribution in [1.82, 2.24) is 4.90 Å². The van der Waals surface area contributed by atoms with Crippen LogP contribution in [-0.4, -0.2) is 28.6 Å². The fraction of sp³-hybridized carbons (Fsp3) is 0.750. The molecule has 1 aliphatic rings. The van der Waals surface area contributed by atoms with E-state index in [1.807, 2.05) is 6.92 Å². The lowest BCUT2D eigenvalue weighted by Crippen LogP contribution is -2.30. The van der Waals surface area contributed by atoms with Crippen LogP contribution in [0.3, 0.4) is 0 Å². The Balaban J connectivity index is 2.50. The molecule has 0 bridgehead atoms. The Hall–Kier alpha value is -1.06. The second-order valence-corrected chi connectivity index (χ2v) is 3.15. The molecule has 0 aromatic rings. The summed E-state index contributed by atoms with van der Waals surface area (Å²) in [6, 6.07) is 0. The minimum Gasteiger partial charge on any atom is -0.465 e. The van der Waals surface area contributed by atoms with Crippen molar-refractivity contribution in [2.75, 3.05) is 6.54 Å². The summed E-state index contributed by atoms with van der Waals surface area (Å²) >= 11 is 0. The van der Waals surface area contributed by atoms with E-state index < -0.39 is 6.09 Å². The zero-order chi connectivity index (χ0) is 9.14. The zero-order valence-electron chi connectivity index (χ0n) is 7.12. The molecule has 4 nitrogen and oxygen atoms in total. The number of carbonyl (C=O) groups excluding carboxylic acids is 1. The summed E-state index contributed by atoms with van der Waals surface area (Å²) in [5.41, 5.74) is 0. The molecule has 0 radical (unpaired) electrons. The second kappa shape index (κ2) is 3.56. The third-order valence-corrected chi connectivity index (χ3v) is 2.13. The molecule has 0 saturated carbocycles. The van der Waals surface area contributed by atoms with E-state index in [-0.39, 0.29) is 11.8 Å². The van der Waals surface area contributed by atoms with Crippen LogP contribution in [0.5, 0.6) is 0 Å². The van der Waals surface area contributed by atoms with E-state index in [9.17, 15) is 9.59 Å². The number of nitrogens with zero attached hydrogens (tertiary/aromatic N) is 1. The summed E-state index contributed by atoms with van der Waals surface area (Å²) in [5, 5.41) is 8.57. The number of amides is 2. The average molecular weight is 171 g/mol. The number of rotatable bonds is 2. The van der Waals surface area contributed by atoms with Gasteiger partial charge in [0.2, 0.25) is 5.91 Å². The first kappa shape index (κ1) is 9.03. The lowest BCUT2D eigenvalue weighted by atomic mass is 10.0. The standard InChI is InChI=1S/C8H13NO3/c1-2-3-6-4-7(10)9(5-6)8(11)12/h6H,2-5H2,1H3,(H,11,12). The van der Waals surface area contributed by atoms with E-state index in [1.54, 1.807) is 0 Å². The van der Waals surface area contributed by atoms with E-state index in [1.165, 1.54) is 0 Å². The van der Waals surface area contributed by atoms with Gasteiger partial charge in [0, 0.05) is 13.0 Å². The van der Waals surface area contributed by atoms with Crippen LogP contribution >= 0.6 is 0 Å². The molecule has 1 N–H and O–H groups in total. The first-order valence-electron chi connectivity index (χ1n) is 4.18. The Labute approximate surface area is 71.2 Å². The van der Waals surface area contributed by atoms with Gasteiger partial charge in [-0.05, 0) is 12.3 Å². The number of carboxylic acid groups (broad SMARTS) is 1. The number of carbonyl (C=O) groups is 2. The molecule has 2 amide bonds. The van der Waals surface area contributed by atoms with Crippen molar-refractivity contribution in [3.63, 3.8) is 0 Å². The van der Waals surface area contributed by atoms with Crippen molar-refractivity contribution in [1.29, 1.82) is 0 Å². The molecule has 0 spiro atoms. The Morgan fingerprint density at radius 1 is 1.75 bits per heavy atom. The number of hydrogen-bond donors (Lipinski definition) is 1. The molecule has 4 heteroatoms. The molecule has 68 valence electrons. The second-order valence-electron chi connectivity index (χ2n) is 3.15. The van der Waals surface area contributed by atoms with Gasteiger partial charge < -0.3 is 5.11 Å². The summed E-state index contributed by atoms with van der Waals surface area (Å²) in [4.78, 5) is 22.4. The third-order valence-electron chi connectivity index (χ3n) is 2.13. The molecule has 1 heterocycles.